The zero-order valence-corrected chi connectivity index (χ0v) is 11.2. The number of amides is 1. The highest BCUT2D eigenvalue weighted by molar-refractivity contribution is 5.85. The smallest absolute Gasteiger partial charge is 0.330 e. The Kier molecular flexibility index (Phi) is 6.02. The maximum Gasteiger partial charge on any atom is 0.330 e. The van der Waals surface area contributed by atoms with Crippen molar-refractivity contribution in [2.24, 2.45) is 0 Å². The first kappa shape index (κ1) is 15.2. The quantitative estimate of drug-likeness (QED) is 0.694. The summed E-state index contributed by atoms with van der Waals surface area (Å²) in [7, 11) is 0. The number of hydrogen-bond donors (Lipinski definition) is 3. The van der Waals surface area contributed by atoms with Gasteiger partial charge in [0.1, 0.15) is 0 Å². The fourth-order valence-corrected chi connectivity index (χ4v) is 1.56. The highest BCUT2D eigenvalue weighted by Gasteiger charge is 2.21. The van der Waals surface area contributed by atoms with E-state index in [1.165, 1.54) is 0 Å². The van der Waals surface area contributed by atoms with Gasteiger partial charge in [0.05, 0.1) is 6.54 Å². The fraction of sp³-hybridized carbons (Fsp3) is 0.429. The fourth-order valence-electron chi connectivity index (χ4n) is 1.56. The number of benzene rings is 1. The molecule has 5 heteroatoms. The molecule has 0 fully saturated rings. The number of carbonyl (C=O) groups is 2. The van der Waals surface area contributed by atoms with Crippen molar-refractivity contribution in [1.82, 2.24) is 10.6 Å². The summed E-state index contributed by atoms with van der Waals surface area (Å²) in [4.78, 5) is 22.9. The molecule has 1 rings (SSSR count). The predicted molar refractivity (Wildman–Crippen MR) is 72.7 cm³/mol. The second-order valence-corrected chi connectivity index (χ2v) is 4.44. The molecule has 0 saturated heterocycles. The minimum absolute atomic E-state index is 0.117. The van der Waals surface area contributed by atoms with Crippen LogP contribution in [0.15, 0.2) is 30.3 Å². The van der Waals surface area contributed by atoms with E-state index in [9.17, 15) is 9.59 Å². The van der Waals surface area contributed by atoms with Crippen molar-refractivity contribution < 1.29 is 14.7 Å². The third-order valence-corrected chi connectivity index (χ3v) is 2.91. The van der Waals surface area contributed by atoms with Crippen molar-refractivity contribution in [3.8, 4) is 0 Å². The minimum Gasteiger partial charge on any atom is -0.479 e. The lowest BCUT2D eigenvalue weighted by Crippen LogP contribution is -2.41. The van der Waals surface area contributed by atoms with Crippen LogP contribution in [-0.4, -0.2) is 29.6 Å². The molecule has 3 N–H and O–H groups in total. The molecule has 0 saturated carbocycles. The summed E-state index contributed by atoms with van der Waals surface area (Å²) in [5.41, 5.74) is 0.562. The zero-order valence-electron chi connectivity index (χ0n) is 11.2. The Morgan fingerprint density at radius 3 is 2.42 bits per heavy atom. The van der Waals surface area contributed by atoms with Gasteiger partial charge < -0.3 is 15.7 Å². The molecule has 0 radical (unpaired) electrons. The van der Waals surface area contributed by atoms with E-state index >= 15 is 0 Å². The maximum absolute atomic E-state index is 11.7. The lowest BCUT2D eigenvalue weighted by atomic mass is 10.1. The van der Waals surface area contributed by atoms with Gasteiger partial charge in [-0.2, -0.15) is 0 Å². The van der Waals surface area contributed by atoms with Crippen molar-refractivity contribution in [2.45, 2.75) is 32.4 Å². The van der Waals surface area contributed by atoms with Crippen molar-refractivity contribution in [3.05, 3.63) is 35.9 Å². The molecule has 1 unspecified atom stereocenters. The topological polar surface area (TPSA) is 78.4 Å². The van der Waals surface area contributed by atoms with Crippen LogP contribution >= 0.6 is 0 Å². The molecule has 0 aliphatic rings. The SMILES string of the molecule is CCC(C)NCC(=O)N[C@@H](C(=O)O)c1ccccc1. The number of aliphatic carboxylic acids is 1. The van der Waals surface area contributed by atoms with Gasteiger partial charge >= 0.3 is 5.97 Å². The lowest BCUT2D eigenvalue weighted by Gasteiger charge is -2.16. The number of nitrogens with one attached hydrogen (secondary N) is 2. The van der Waals surface area contributed by atoms with Crippen LogP contribution in [0.25, 0.3) is 0 Å². The highest BCUT2D eigenvalue weighted by Crippen LogP contribution is 2.12. The standard InChI is InChI=1S/C14H20N2O3/c1-3-10(2)15-9-12(17)16-13(14(18)19)11-7-5-4-6-8-11/h4-8,10,13,15H,3,9H2,1-2H3,(H,16,17)(H,18,19)/t10?,13-/m1/s1. The Labute approximate surface area is 113 Å². The molecule has 19 heavy (non-hydrogen) atoms. The van der Waals surface area contributed by atoms with E-state index in [0.717, 1.165) is 6.42 Å². The molecule has 1 aromatic rings. The van der Waals surface area contributed by atoms with Gasteiger partial charge in [-0.15, -0.1) is 0 Å². The second-order valence-electron chi connectivity index (χ2n) is 4.44. The number of carboxylic acid groups (broad SMARTS) is 1. The Balaban J connectivity index is 2.60. The average molecular weight is 264 g/mol. The molecule has 0 aliphatic heterocycles. The lowest BCUT2D eigenvalue weighted by molar-refractivity contribution is -0.141. The first-order chi connectivity index (χ1) is 9.04. The summed E-state index contributed by atoms with van der Waals surface area (Å²) < 4.78 is 0. The van der Waals surface area contributed by atoms with Gasteiger partial charge in [0.25, 0.3) is 0 Å². The zero-order chi connectivity index (χ0) is 14.3. The summed E-state index contributed by atoms with van der Waals surface area (Å²) in [6, 6.07) is 7.87. The Bertz CT molecular complexity index is 420. The molecule has 0 bridgehead atoms. The molecular formula is C14H20N2O3. The van der Waals surface area contributed by atoms with E-state index in [0.29, 0.717) is 5.56 Å². The molecule has 0 aromatic heterocycles. The largest absolute Gasteiger partial charge is 0.479 e. The molecule has 2 atom stereocenters. The molecule has 0 heterocycles. The summed E-state index contributed by atoms with van der Waals surface area (Å²) in [5.74, 6) is -1.39. The first-order valence-electron chi connectivity index (χ1n) is 6.35. The summed E-state index contributed by atoms with van der Waals surface area (Å²) in [6.07, 6.45) is 0.911. The number of hydrogen-bond acceptors (Lipinski definition) is 3. The van der Waals surface area contributed by atoms with Gasteiger partial charge in [-0.3, -0.25) is 4.79 Å². The molecule has 1 aromatic carbocycles. The average Bonchev–Trinajstić information content (AvgIpc) is 2.42. The summed E-state index contributed by atoms with van der Waals surface area (Å²) in [6.45, 7) is 4.10. The molecule has 0 aliphatic carbocycles. The highest BCUT2D eigenvalue weighted by atomic mass is 16.4. The van der Waals surface area contributed by atoms with Crippen LogP contribution in [0.1, 0.15) is 31.9 Å². The van der Waals surface area contributed by atoms with E-state index in [4.69, 9.17) is 5.11 Å². The van der Waals surface area contributed by atoms with Gasteiger partial charge in [-0.1, -0.05) is 37.3 Å². The van der Waals surface area contributed by atoms with Crippen LogP contribution in [0.4, 0.5) is 0 Å². The van der Waals surface area contributed by atoms with Crippen LogP contribution in [-0.2, 0) is 9.59 Å². The molecule has 0 spiro atoms. The van der Waals surface area contributed by atoms with Crippen molar-refractivity contribution in [2.75, 3.05) is 6.54 Å². The summed E-state index contributed by atoms with van der Waals surface area (Å²) in [5, 5.41) is 14.7. The monoisotopic (exact) mass is 264 g/mol. The Morgan fingerprint density at radius 2 is 1.89 bits per heavy atom. The van der Waals surface area contributed by atoms with Gasteiger partial charge in [0.2, 0.25) is 5.91 Å². The van der Waals surface area contributed by atoms with Crippen LogP contribution in [0, 0.1) is 0 Å². The molecule has 1 amide bonds. The van der Waals surface area contributed by atoms with Gasteiger partial charge in [-0.05, 0) is 18.9 Å². The van der Waals surface area contributed by atoms with Gasteiger partial charge in [0.15, 0.2) is 6.04 Å². The van der Waals surface area contributed by atoms with Crippen LogP contribution in [0.2, 0.25) is 0 Å². The van der Waals surface area contributed by atoms with Crippen molar-refractivity contribution >= 4 is 11.9 Å². The Morgan fingerprint density at radius 1 is 1.26 bits per heavy atom. The number of carboxylic acids is 1. The van der Waals surface area contributed by atoms with E-state index in [1.54, 1.807) is 30.3 Å². The van der Waals surface area contributed by atoms with E-state index in [-0.39, 0.29) is 18.5 Å². The third kappa shape index (κ3) is 5.09. The summed E-state index contributed by atoms with van der Waals surface area (Å²) >= 11 is 0. The number of carbonyl (C=O) groups excluding carboxylic acids is 1. The normalized spacial score (nSPS) is 13.6. The molecule has 104 valence electrons. The van der Waals surface area contributed by atoms with E-state index in [2.05, 4.69) is 10.6 Å². The van der Waals surface area contributed by atoms with Crippen molar-refractivity contribution in [3.63, 3.8) is 0 Å². The second kappa shape index (κ2) is 7.53. The van der Waals surface area contributed by atoms with Gasteiger partial charge in [0, 0.05) is 6.04 Å². The maximum atomic E-state index is 11.7. The molecule has 5 nitrogen and oxygen atoms in total. The minimum atomic E-state index is -1.07. The van der Waals surface area contributed by atoms with Gasteiger partial charge in [-0.25, -0.2) is 4.79 Å². The van der Waals surface area contributed by atoms with Crippen LogP contribution in [0.3, 0.4) is 0 Å². The van der Waals surface area contributed by atoms with Crippen LogP contribution < -0.4 is 10.6 Å². The Hall–Kier alpha value is -1.88. The first-order valence-corrected chi connectivity index (χ1v) is 6.35. The predicted octanol–water partition coefficient (Wildman–Crippen LogP) is 1.32. The number of rotatable bonds is 7. The molecular weight excluding hydrogens is 244 g/mol. The third-order valence-electron chi connectivity index (χ3n) is 2.91. The van der Waals surface area contributed by atoms with E-state index < -0.39 is 12.0 Å². The van der Waals surface area contributed by atoms with Crippen molar-refractivity contribution in [1.29, 1.82) is 0 Å². The van der Waals surface area contributed by atoms with Crippen LogP contribution in [0.5, 0.6) is 0 Å². The van der Waals surface area contributed by atoms with E-state index in [1.807, 2.05) is 13.8 Å².